The average Bonchev–Trinajstić information content (AvgIpc) is 2.49. The Labute approximate surface area is 77.9 Å². The van der Waals surface area contributed by atoms with Crippen LogP contribution in [0.4, 0.5) is 0 Å². The SMILES string of the molecule is CC1=C(c2ccccn2)CC[C@@H]1O. The van der Waals surface area contributed by atoms with Crippen molar-refractivity contribution >= 4 is 5.57 Å². The van der Waals surface area contributed by atoms with E-state index in [1.807, 2.05) is 25.1 Å². The topological polar surface area (TPSA) is 33.1 Å². The summed E-state index contributed by atoms with van der Waals surface area (Å²) in [6.45, 7) is 1.99. The minimum absolute atomic E-state index is 0.253. The standard InChI is InChI=1S/C11H13NO/c1-8-9(5-6-11(8)13)10-4-2-3-7-12-10/h2-4,7,11,13H,5-6H2,1H3/t11-/m0/s1. The van der Waals surface area contributed by atoms with E-state index in [4.69, 9.17) is 0 Å². The number of nitrogens with zero attached hydrogens (tertiary/aromatic N) is 1. The molecule has 2 rings (SSSR count). The Balaban J connectivity index is 2.38. The van der Waals surface area contributed by atoms with E-state index in [0.29, 0.717) is 0 Å². The van der Waals surface area contributed by atoms with Crippen LogP contribution in [-0.4, -0.2) is 16.2 Å². The molecule has 0 aliphatic heterocycles. The van der Waals surface area contributed by atoms with Crippen LogP contribution in [-0.2, 0) is 0 Å². The van der Waals surface area contributed by atoms with Gasteiger partial charge in [0, 0.05) is 6.20 Å². The Kier molecular flexibility index (Phi) is 2.15. The molecule has 0 saturated heterocycles. The lowest BCUT2D eigenvalue weighted by Gasteiger charge is -2.03. The molecule has 0 amide bonds. The Morgan fingerprint density at radius 3 is 2.85 bits per heavy atom. The van der Waals surface area contributed by atoms with Gasteiger partial charge in [-0.05, 0) is 43.0 Å². The van der Waals surface area contributed by atoms with Crippen LogP contribution in [0.3, 0.4) is 0 Å². The fourth-order valence-corrected chi connectivity index (χ4v) is 1.77. The van der Waals surface area contributed by atoms with Gasteiger partial charge in [-0.25, -0.2) is 0 Å². The first-order chi connectivity index (χ1) is 6.29. The average molecular weight is 175 g/mol. The third kappa shape index (κ3) is 1.49. The van der Waals surface area contributed by atoms with Gasteiger partial charge in [0.2, 0.25) is 0 Å². The summed E-state index contributed by atoms with van der Waals surface area (Å²) >= 11 is 0. The second kappa shape index (κ2) is 3.30. The monoisotopic (exact) mass is 175 g/mol. The number of pyridine rings is 1. The van der Waals surface area contributed by atoms with Crippen molar-refractivity contribution in [2.45, 2.75) is 25.9 Å². The molecule has 0 fully saturated rings. The van der Waals surface area contributed by atoms with Gasteiger partial charge in [-0.15, -0.1) is 0 Å². The van der Waals surface area contributed by atoms with Crippen LogP contribution < -0.4 is 0 Å². The maximum atomic E-state index is 9.54. The van der Waals surface area contributed by atoms with E-state index in [1.165, 1.54) is 5.57 Å². The zero-order valence-electron chi connectivity index (χ0n) is 7.70. The van der Waals surface area contributed by atoms with Crippen molar-refractivity contribution in [3.05, 3.63) is 35.7 Å². The summed E-state index contributed by atoms with van der Waals surface area (Å²) in [5.41, 5.74) is 3.31. The zero-order chi connectivity index (χ0) is 9.26. The van der Waals surface area contributed by atoms with Crippen LogP contribution in [0.15, 0.2) is 30.0 Å². The van der Waals surface area contributed by atoms with Crippen molar-refractivity contribution in [3.8, 4) is 0 Å². The van der Waals surface area contributed by atoms with E-state index >= 15 is 0 Å². The molecule has 68 valence electrons. The summed E-state index contributed by atoms with van der Waals surface area (Å²) in [5.74, 6) is 0. The quantitative estimate of drug-likeness (QED) is 0.708. The number of hydrogen-bond donors (Lipinski definition) is 1. The lowest BCUT2D eigenvalue weighted by Crippen LogP contribution is -2.00. The Morgan fingerprint density at radius 1 is 1.46 bits per heavy atom. The molecule has 1 aromatic rings. The lowest BCUT2D eigenvalue weighted by atomic mass is 10.1. The number of rotatable bonds is 1. The highest BCUT2D eigenvalue weighted by molar-refractivity contribution is 5.68. The van der Waals surface area contributed by atoms with E-state index in [9.17, 15) is 5.11 Å². The molecular weight excluding hydrogens is 162 g/mol. The number of aliphatic hydroxyl groups is 1. The second-order valence-electron chi connectivity index (χ2n) is 3.43. The van der Waals surface area contributed by atoms with Crippen LogP contribution in [0, 0.1) is 0 Å². The number of hydrogen-bond acceptors (Lipinski definition) is 2. The van der Waals surface area contributed by atoms with Crippen LogP contribution in [0.5, 0.6) is 0 Å². The molecule has 1 heterocycles. The van der Waals surface area contributed by atoms with E-state index in [2.05, 4.69) is 4.98 Å². The van der Waals surface area contributed by atoms with Crippen molar-refractivity contribution in [1.82, 2.24) is 4.98 Å². The van der Waals surface area contributed by atoms with E-state index in [-0.39, 0.29) is 6.10 Å². The van der Waals surface area contributed by atoms with Gasteiger partial charge in [0.25, 0.3) is 0 Å². The van der Waals surface area contributed by atoms with Gasteiger partial charge in [0.15, 0.2) is 0 Å². The Bertz CT molecular complexity index is 329. The highest BCUT2D eigenvalue weighted by Crippen LogP contribution is 2.32. The summed E-state index contributed by atoms with van der Waals surface area (Å²) in [6.07, 6.45) is 3.33. The highest BCUT2D eigenvalue weighted by atomic mass is 16.3. The van der Waals surface area contributed by atoms with E-state index in [0.717, 1.165) is 24.1 Å². The van der Waals surface area contributed by atoms with E-state index in [1.54, 1.807) is 6.20 Å². The van der Waals surface area contributed by atoms with Gasteiger partial charge in [0.1, 0.15) is 0 Å². The van der Waals surface area contributed by atoms with Crippen molar-refractivity contribution in [2.24, 2.45) is 0 Å². The number of aromatic nitrogens is 1. The molecule has 0 bridgehead atoms. The molecule has 0 spiro atoms. The summed E-state index contributed by atoms with van der Waals surface area (Å²) in [4.78, 5) is 4.28. The van der Waals surface area contributed by atoms with Crippen LogP contribution in [0.2, 0.25) is 0 Å². The summed E-state index contributed by atoms with van der Waals surface area (Å²) in [7, 11) is 0. The molecule has 13 heavy (non-hydrogen) atoms. The molecule has 1 aliphatic carbocycles. The second-order valence-corrected chi connectivity index (χ2v) is 3.43. The first kappa shape index (κ1) is 8.45. The van der Waals surface area contributed by atoms with Crippen molar-refractivity contribution in [3.63, 3.8) is 0 Å². The maximum absolute atomic E-state index is 9.54. The Morgan fingerprint density at radius 2 is 2.31 bits per heavy atom. The number of allylic oxidation sites excluding steroid dienone is 1. The molecule has 1 atom stereocenters. The summed E-state index contributed by atoms with van der Waals surface area (Å²) < 4.78 is 0. The summed E-state index contributed by atoms with van der Waals surface area (Å²) in [6, 6.07) is 5.88. The normalized spacial score (nSPS) is 22.5. The summed E-state index contributed by atoms with van der Waals surface area (Å²) in [5, 5.41) is 9.54. The molecule has 0 radical (unpaired) electrons. The predicted octanol–water partition coefficient (Wildman–Crippen LogP) is 2.01. The fraction of sp³-hybridized carbons (Fsp3) is 0.364. The molecule has 1 aromatic heterocycles. The van der Waals surface area contributed by atoms with Gasteiger partial charge in [0.05, 0.1) is 11.8 Å². The van der Waals surface area contributed by atoms with Crippen LogP contribution >= 0.6 is 0 Å². The molecule has 0 unspecified atom stereocenters. The van der Waals surface area contributed by atoms with Gasteiger partial charge < -0.3 is 5.11 Å². The largest absolute Gasteiger partial charge is 0.389 e. The smallest absolute Gasteiger partial charge is 0.0757 e. The van der Waals surface area contributed by atoms with Gasteiger partial charge in [-0.2, -0.15) is 0 Å². The van der Waals surface area contributed by atoms with Gasteiger partial charge >= 0.3 is 0 Å². The fourth-order valence-electron chi connectivity index (χ4n) is 1.77. The van der Waals surface area contributed by atoms with Crippen molar-refractivity contribution in [2.75, 3.05) is 0 Å². The number of aliphatic hydroxyl groups excluding tert-OH is 1. The molecule has 0 saturated carbocycles. The first-order valence-electron chi connectivity index (χ1n) is 4.58. The third-order valence-electron chi connectivity index (χ3n) is 2.62. The Hall–Kier alpha value is -1.15. The minimum Gasteiger partial charge on any atom is -0.389 e. The zero-order valence-corrected chi connectivity index (χ0v) is 7.70. The van der Waals surface area contributed by atoms with Gasteiger partial charge in [-0.1, -0.05) is 6.07 Å². The minimum atomic E-state index is -0.253. The predicted molar refractivity (Wildman–Crippen MR) is 52.1 cm³/mol. The highest BCUT2D eigenvalue weighted by Gasteiger charge is 2.21. The van der Waals surface area contributed by atoms with E-state index < -0.39 is 0 Å². The molecule has 1 aliphatic rings. The molecule has 1 N–H and O–H groups in total. The molecule has 0 aromatic carbocycles. The van der Waals surface area contributed by atoms with Crippen LogP contribution in [0.1, 0.15) is 25.5 Å². The van der Waals surface area contributed by atoms with Crippen molar-refractivity contribution < 1.29 is 5.11 Å². The lowest BCUT2D eigenvalue weighted by molar-refractivity contribution is 0.212. The first-order valence-corrected chi connectivity index (χ1v) is 4.58. The molecule has 2 heteroatoms. The van der Waals surface area contributed by atoms with Crippen LogP contribution in [0.25, 0.3) is 5.57 Å². The molecule has 2 nitrogen and oxygen atoms in total. The van der Waals surface area contributed by atoms with Crippen molar-refractivity contribution in [1.29, 1.82) is 0 Å². The maximum Gasteiger partial charge on any atom is 0.0757 e. The van der Waals surface area contributed by atoms with Gasteiger partial charge in [-0.3, -0.25) is 4.98 Å². The third-order valence-corrected chi connectivity index (χ3v) is 2.62. The molecular formula is C11H13NO.